The number of hydrogen-bond acceptors (Lipinski definition) is 6. The van der Waals surface area contributed by atoms with Crippen molar-refractivity contribution in [3.8, 4) is 5.88 Å². The lowest BCUT2D eigenvalue weighted by Gasteiger charge is -2.30. The molecule has 2 aromatic heterocycles. The summed E-state index contributed by atoms with van der Waals surface area (Å²) < 4.78 is 5.37. The first-order chi connectivity index (χ1) is 10.9. The SMILES string of the molecule is COc1ncnc2c1CN(c1ncnc3ccccc13)CC2. The summed E-state index contributed by atoms with van der Waals surface area (Å²) in [5.41, 5.74) is 3.05. The van der Waals surface area contributed by atoms with Crippen molar-refractivity contribution in [2.24, 2.45) is 0 Å². The minimum Gasteiger partial charge on any atom is -0.481 e. The van der Waals surface area contributed by atoms with Crippen LogP contribution in [0.5, 0.6) is 5.88 Å². The summed E-state index contributed by atoms with van der Waals surface area (Å²) in [6, 6.07) is 8.05. The van der Waals surface area contributed by atoms with E-state index in [1.165, 1.54) is 0 Å². The van der Waals surface area contributed by atoms with E-state index >= 15 is 0 Å². The van der Waals surface area contributed by atoms with Crippen LogP contribution < -0.4 is 9.64 Å². The normalized spacial score (nSPS) is 14.0. The molecule has 0 aliphatic carbocycles. The van der Waals surface area contributed by atoms with E-state index in [-0.39, 0.29) is 0 Å². The van der Waals surface area contributed by atoms with E-state index in [2.05, 4.69) is 30.9 Å². The predicted octanol–water partition coefficient (Wildman–Crippen LogP) is 1.99. The molecule has 0 fully saturated rings. The summed E-state index contributed by atoms with van der Waals surface area (Å²) in [5.74, 6) is 1.59. The van der Waals surface area contributed by atoms with Crippen molar-refractivity contribution in [3.05, 3.63) is 48.2 Å². The smallest absolute Gasteiger partial charge is 0.221 e. The summed E-state index contributed by atoms with van der Waals surface area (Å²) >= 11 is 0. The Kier molecular flexibility index (Phi) is 3.07. The number of benzene rings is 1. The van der Waals surface area contributed by atoms with Gasteiger partial charge >= 0.3 is 0 Å². The van der Waals surface area contributed by atoms with Crippen molar-refractivity contribution < 1.29 is 4.74 Å². The highest BCUT2D eigenvalue weighted by Crippen LogP contribution is 2.30. The van der Waals surface area contributed by atoms with Crippen molar-refractivity contribution >= 4 is 16.7 Å². The molecule has 0 atom stereocenters. The van der Waals surface area contributed by atoms with E-state index in [1.54, 1.807) is 19.8 Å². The van der Waals surface area contributed by atoms with Gasteiger partial charge in [0, 0.05) is 18.4 Å². The average Bonchev–Trinajstić information content (AvgIpc) is 2.60. The fourth-order valence-electron chi connectivity index (χ4n) is 2.91. The molecule has 6 heteroatoms. The molecule has 1 aliphatic rings. The number of ether oxygens (including phenoxy) is 1. The van der Waals surface area contributed by atoms with Gasteiger partial charge in [0.25, 0.3) is 0 Å². The Morgan fingerprint density at radius 3 is 2.82 bits per heavy atom. The second-order valence-corrected chi connectivity index (χ2v) is 5.19. The Labute approximate surface area is 127 Å². The number of aromatic nitrogens is 4. The quantitative estimate of drug-likeness (QED) is 0.720. The number of methoxy groups -OCH3 is 1. The minimum absolute atomic E-state index is 0.646. The molecule has 0 N–H and O–H groups in total. The second-order valence-electron chi connectivity index (χ2n) is 5.19. The third-order valence-corrected chi connectivity index (χ3v) is 3.98. The molecule has 0 amide bonds. The third kappa shape index (κ3) is 2.04. The molecule has 6 nitrogen and oxygen atoms in total. The summed E-state index contributed by atoms with van der Waals surface area (Å²) in [4.78, 5) is 19.6. The van der Waals surface area contributed by atoms with Crippen LogP contribution >= 0.6 is 0 Å². The first-order valence-corrected chi connectivity index (χ1v) is 7.18. The van der Waals surface area contributed by atoms with E-state index in [1.807, 2.05) is 18.2 Å². The van der Waals surface area contributed by atoms with E-state index in [0.717, 1.165) is 40.9 Å². The minimum atomic E-state index is 0.646. The molecule has 0 unspecified atom stereocenters. The number of rotatable bonds is 2. The number of para-hydroxylation sites is 1. The topological polar surface area (TPSA) is 64.0 Å². The zero-order valence-corrected chi connectivity index (χ0v) is 12.2. The Balaban J connectivity index is 1.78. The van der Waals surface area contributed by atoms with E-state index < -0.39 is 0 Å². The monoisotopic (exact) mass is 293 g/mol. The maximum atomic E-state index is 5.37. The lowest BCUT2D eigenvalue weighted by atomic mass is 10.1. The number of nitrogens with zero attached hydrogens (tertiary/aromatic N) is 5. The number of fused-ring (bicyclic) bond motifs is 2. The van der Waals surface area contributed by atoms with Crippen LogP contribution in [0.2, 0.25) is 0 Å². The molecule has 0 radical (unpaired) electrons. The van der Waals surface area contributed by atoms with Crippen molar-refractivity contribution in [1.29, 1.82) is 0 Å². The summed E-state index contributed by atoms with van der Waals surface area (Å²) in [6.07, 6.45) is 4.03. The molecule has 4 rings (SSSR count). The highest BCUT2D eigenvalue weighted by Gasteiger charge is 2.23. The van der Waals surface area contributed by atoms with Gasteiger partial charge in [0.2, 0.25) is 5.88 Å². The van der Waals surface area contributed by atoms with Crippen LogP contribution in [0.15, 0.2) is 36.9 Å². The van der Waals surface area contributed by atoms with Gasteiger partial charge in [0.15, 0.2) is 0 Å². The summed E-state index contributed by atoms with van der Waals surface area (Å²) in [6.45, 7) is 1.56. The predicted molar refractivity (Wildman–Crippen MR) is 82.9 cm³/mol. The van der Waals surface area contributed by atoms with Gasteiger partial charge in [0.05, 0.1) is 30.4 Å². The Hall–Kier alpha value is -2.76. The van der Waals surface area contributed by atoms with Crippen molar-refractivity contribution in [2.45, 2.75) is 13.0 Å². The van der Waals surface area contributed by atoms with Crippen molar-refractivity contribution in [1.82, 2.24) is 19.9 Å². The number of anilines is 1. The van der Waals surface area contributed by atoms with E-state index in [0.29, 0.717) is 12.4 Å². The molecular weight excluding hydrogens is 278 g/mol. The maximum absolute atomic E-state index is 5.37. The molecule has 0 saturated carbocycles. The largest absolute Gasteiger partial charge is 0.481 e. The van der Waals surface area contributed by atoms with E-state index in [9.17, 15) is 0 Å². The van der Waals surface area contributed by atoms with Gasteiger partial charge in [-0.05, 0) is 12.1 Å². The number of hydrogen-bond donors (Lipinski definition) is 0. The maximum Gasteiger partial charge on any atom is 0.221 e. The molecule has 110 valence electrons. The van der Waals surface area contributed by atoms with Gasteiger partial charge in [-0.25, -0.2) is 19.9 Å². The molecular formula is C16H15N5O. The van der Waals surface area contributed by atoms with Crippen LogP contribution in [0, 0.1) is 0 Å². The van der Waals surface area contributed by atoms with Crippen LogP contribution in [0.25, 0.3) is 10.9 Å². The Morgan fingerprint density at radius 1 is 1.05 bits per heavy atom. The zero-order chi connectivity index (χ0) is 14.9. The zero-order valence-electron chi connectivity index (χ0n) is 12.2. The highest BCUT2D eigenvalue weighted by atomic mass is 16.5. The fraction of sp³-hybridized carbons (Fsp3) is 0.250. The third-order valence-electron chi connectivity index (χ3n) is 3.98. The van der Waals surface area contributed by atoms with Gasteiger partial charge in [-0.15, -0.1) is 0 Å². The van der Waals surface area contributed by atoms with Crippen LogP contribution in [-0.2, 0) is 13.0 Å². The molecule has 22 heavy (non-hydrogen) atoms. The van der Waals surface area contributed by atoms with Crippen LogP contribution in [0.1, 0.15) is 11.3 Å². The fourth-order valence-corrected chi connectivity index (χ4v) is 2.91. The summed E-state index contributed by atoms with van der Waals surface area (Å²) in [7, 11) is 1.64. The molecule has 0 saturated heterocycles. The van der Waals surface area contributed by atoms with Crippen molar-refractivity contribution in [2.75, 3.05) is 18.6 Å². The average molecular weight is 293 g/mol. The van der Waals surface area contributed by atoms with Crippen LogP contribution in [-0.4, -0.2) is 33.6 Å². The highest BCUT2D eigenvalue weighted by molar-refractivity contribution is 5.89. The molecule has 0 spiro atoms. The molecule has 1 aliphatic heterocycles. The van der Waals surface area contributed by atoms with Gasteiger partial charge in [-0.2, -0.15) is 0 Å². The Bertz CT molecular complexity index is 816. The molecule has 3 aromatic rings. The second kappa shape index (κ2) is 5.22. The molecule has 0 bridgehead atoms. The molecule has 3 heterocycles. The molecule has 1 aromatic carbocycles. The first-order valence-electron chi connectivity index (χ1n) is 7.18. The van der Waals surface area contributed by atoms with E-state index in [4.69, 9.17) is 4.74 Å². The first kappa shape index (κ1) is 12.9. The van der Waals surface area contributed by atoms with Gasteiger partial charge < -0.3 is 9.64 Å². The van der Waals surface area contributed by atoms with Crippen LogP contribution in [0.3, 0.4) is 0 Å². The van der Waals surface area contributed by atoms with Gasteiger partial charge in [-0.3, -0.25) is 0 Å². The van der Waals surface area contributed by atoms with Crippen molar-refractivity contribution in [3.63, 3.8) is 0 Å². The lowest BCUT2D eigenvalue weighted by molar-refractivity contribution is 0.387. The summed E-state index contributed by atoms with van der Waals surface area (Å²) in [5, 5.41) is 1.06. The lowest BCUT2D eigenvalue weighted by Crippen LogP contribution is -2.32. The van der Waals surface area contributed by atoms with Gasteiger partial charge in [0.1, 0.15) is 18.5 Å². The van der Waals surface area contributed by atoms with Gasteiger partial charge in [-0.1, -0.05) is 12.1 Å². The standard InChI is InChI=1S/C16H15N5O/c1-22-16-12-8-21(7-6-14(12)18-10-20-16)15-11-4-2-3-5-13(11)17-9-19-15/h2-5,9-10H,6-8H2,1H3. The Morgan fingerprint density at radius 2 is 1.91 bits per heavy atom. The van der Waals surface area contributed by atoms with Crippen LogP contribution in [0.4, 0.5) is 5.82 Å².